The van der Waals surface area contributed by atoms with Crippen LogP contribution in [0.5, 0.6) is 0 Å². The number of rotatable bonds is 12. The van der Waals surface area contributed by atoms with Crippen molar-refractivity contribution in [1.82, 2.24) is 14.5 Å². The predicted molar refractivity (Wildman–Crippen MR) is 120 cm³/mol. The number of aryl methyl sites for hydroxylation is 1. The van der Waals surface area contributed by atoms with Gasteiger partial charge in [0.25, 0.3) is 11.2 Å². The molecule has 2 rings (SSSR count). The highest BCUT2D eigenvalue weighted by molar-refractivity contribution is 5.75. The first-order valence-electron chi connectivity index (χ1n) is 10.3. The first-order valence-corrected chi connectivity index (χ1v) is 10.3. The molecule has 0 atom stereocenters. The van der Waals surface area contributed by atoms with Crippen LogP contribution in [0.3, 0.4) is 0 Å². The topological polar surface area (TPSA) is 129 Å². The lowest BCUT2D eigenvalue weighted by molar-refractivity contribution is -0.384. The molecule has 174 valence electrons. The molecule has 0 fully saturated rings. The first-order chi connectivity index (χ1) is 15.2. The Bertz CT molecular complexity index is 1040. The van der Waals surface area contributed by atoms with Crippen LogP contribution in [0.2, 0.25) is 0 Å². The number of carbonyl (C=O) groups excluding carboxylic acids is 1. The summed E-state index contributed by atoms with van der Waals surface area (Å²) in [7, 11) is 4.23. The van der Waals surface area contributed by atoms with Gasteiger partial charge >= 0.3 is 11.7 Å². The third-order valence-corrected chi connectivity index (χ3v) is 5.15. The van der Waals surface area contributed by atoms with Crippen molar-refractivity contribution in [3.05, 3.63) is 66.8 Å². The van der Waals surface area contributed by atoms with E-state index in [1.54, 1.807) is 24.1 Å². The van der Waals surface area contributed by atoms with Crippen LogP contribution < -0.4 is 21.5 Å². The lowest BCUT2D eigenvalue weighted by Crippen LogP contribution is -2.43. The number of methoxy groups -OCH3 is 1. The van der Waals surface area contributed by atoms with E-state index in [4.69, 9.17) is 4.74 Å². The van der Waals surface area contributed by atoms with Crippen molar-refractivity contribution in [3.63, 3.8) is 0 Å². The summed E-state index contributed by atoms with van der Waals surface area (Å²) in [6.07, 6.45) is 2.64. The summed E-state index contributed by atoms with van der Waals surface area (Å²) in [5.74, 6) is -0.121. The Kier molecular flexibility index (Phi) is 9.14. The Balaban J connectivity index is 1.85. The highest BCUT2D eigenvalue weighted by atomic mass is 16.6. The molecule has 1 N–H and O–H groups in total. The zero-order chi connectivity index (χ0) is 23.7. The molecule has 0 aliphatic carbocycles. The lowest BCUT2D eigenvalue weighted by atomic mass is 10.1. The van der Waals surface area contributed by atoms with E-state index in [0.717, 1.165) is 35.9 Å². The third kappa shape index (κ3) is 6.77. The predicted octanol–water partition coefficient (Wildman–Crippen LogP) is 0.584. The van der Waals surface area contributed by atoms with E-state index in [0.29, 0.717) is 18.9 Å². The highest BCUT2D eigenvalue weighted by Gasteiger charge is 2.16. The van der Waals surface area contributed by atoms with Crippen LogP contribution in [0, 0.1) is 10.1 Å². The Labute approximate surface area is 185 Å². The summed E-state index contributed by atoms with van der Waals surface area (Å²) in [6, 6.07) is 7.88. The maximum atomic E-state index is 12.2. The van der Waals surface area contributed by atoms with Crippen LogP contribution in [0.25, 0.3) is 0 Å². The quantitative estimate of drug-likeness (QED) is 0.217. The molecule has 2 aromatic rings. The number of ether oxygens (including phenoxy) is 1. The number of unbranched alkanes of at least 4 members (excludes halogenated alkanes) is 1. The number of nitro groups is 1. The van der Waals surface area contributed by atoms with Crippen molar-refractivity contribution in [3.8, 4) is 0 Å². The molecule has 0 unspecified atom stereocenters. The van der Waals surface area contributed by atoms with Gasteiger partial charge in [0.05, 0.1) is 12.0 Å². The largest absolute Gasteiger partial charge is 0.468 e. The van der Waals surface area contributed by atoms with E-state index in [2.05, 4.69) is 5.32 Å². The Morgan fingerprint density at radius 1 is 1.12 bits per heavy atom. The second-order valence-electron chi connectivity index (χ2n) is 7.37. The number of nitrogens with one attached hydrogen (secondary N) is 1. The number of anilines is 1. The fraction of sp³-hybridized carbons (Fsp3) is 0.476. The van der Waals surface area contributed by atoms with Gasteiger partial charge in [0.15, 0.2) is 0 Å². The number of nitrogens with zero attached hydrogens (tertiary/aromatic N) is 4. The zero-order valence-corrected chi connectivity index (χ0v) is 18.6. The fourth-order valence-corrected chi connectivity index (χ4v) is 3.22. The van der Waals surface area contributed by atoms with E-state index in [1.165, 1.54) is 36.9 Å². The standard InChI is InChI=1S/C21H29N5O6/c1-23-18(14-19(27)24(2)21(23)29)25(15-20(28)32-3)13-12-22-11-5-4-6-16-7-9-17(10-8-16)26(30)31/h7-10,14,22H,4-6,11-13,15H2,1-3H3. The Hall–Kier alpha value is -3.47. The molecule has 0 aliphatic rings. The fourth-order valence-electron chi connectivity index (χ4n) is 3.22. The van der Waals surface area contributed by atoms with Crippen LogP contribution in [0.15, 0.2) is 39.9 Å². The molecule has 1 heterocycles. The van der Waals surface area contributed by atoms with Crippen molar-refractivity contribution in [2.75, 3.05) is 38.2 Å². The van der Waals surface area contributed by atoms with Gasteiger partial charge in [-0.25, -0.2) is 4.79 Å². The monoisotopic (exact) mass is 447 g/mol. The molecule has 32 heavy (non-hydrogen) atoms. The number of benzene rings is 1. The van der Waals surface area contributed by atoms with Crippen molar-refractivity contribution < 1.29 is 14.5 Å². The molecule has 1 aromatic carbocycles. The number of carbonyl (C=O) groups is 1. The van der Waals surface area contributed by atoms with Crippen LogP contribution in [-0.2, 0) is 30.0 Å². The highest BCUT2D eigenvalue weighted by Crippen LogP contribution is 2.13. The zero-order valence-electron chi connectivity index (χ0n) is 18.6. The van der Waals surface area contributed by atoms with Gasteiger partial charge in [0, 0.05) is 45.4 Å². The van der Waals surface area contributed by atoms with Gasteiger partial charge < -0.3 is 15.0 Å². The summed E-state index contributed by atoms with van der Waals surface area (Å²) in [5.41, 5.74) is 0.214. The molecular formula is C21H29N5O6. The molecule has 0 aliphatic heterocycles. The summed E-state index contributed by atoms with van der Waals surface area (Å²) >= 11 is 0. The van der Waals surface area contributed by atoms with Crippen molar-refractivity contribution in [2.45, 2.75) is 19.3 Å². The molecule has 11 heteroatoms. The molecule has 1 aromatic heterocycles. The Morgan fingerprint density at radius 3 is 2.44 bits per heavy atom. The molecule has 0 spiro atoms. The van der Waals surface area contributed by atoms with Gasteiger partial charge in [-0.2, -0.15) is 0 Å². The van der Waals surface area contributed by atoms with E-state index < -0.39 is 22.1 Å². The molecule has 0 saturated carbocycles. The van der Waals surface area contributed by atoms with Crippen molar-refractivity contribution in [1.29, 1.82) is 0 Å². The van der Waals surface area contributed by atoms with Gasteiger partial charge in [0.1, 0.15) is 12.4 Å². The van der Waals surface area contributed by atoms with Crippen molar-refractivity contribution >= 4 is 17.5 Å². The first kappa shape index (κ1) is 24.8. The number of aromatic nitrogens is 2. The Morgan fingerprint density at radius 2 is 1.81 bits per heavy atom. The van der Waals surface area contributed by atoms with Gasteiger partial charge in [-0.1, -0.05) is 12.1 Å². The van der Waals surface area contributed by atoms with Gasteiger partial charge in [-0.15, -0.1) is 0 Å². The number of nitro benzene ring substituents is 1. The summed E-state index contributed by atoms with van der Waals surface area (Å²) < 4.78 is 7.07. The van der Waals surface area contributed by atoms with Crippen LogP contribution in [-0.4, -0.2) is 53.3 Å². The summed E-state index contributed by atoms with van der Waals surface area (Å²) in [5, 5.41) is 14.0. The van der Waals surface area contributed by atoms with Gasteiger partial charge in [0.2, 0.25) is 0 Å². The van der Waals surface area contributed by atoms with Crippen LogP contribution in [0.1, 0.15) is 18.4 Å². The van der Waals surface area contributed by atoms with Crippen molar-refractivity contribution in [2.24, 2.45) is 14.1 Å². The van der Waals surface area contributed by atoms with E-state index in [9.17, 15) is 24.5 Å². The average Bonchev–Trinajstić information content (AvgIpc) is 2.78. The van der Waals surface area contributed by atoms with Crippen LogP contribution in [0.4, 0.5) is 11.5 Å². The second-order valence-corrected chi connectivity index (χ2v) is 7.37. The molecule has 11 nitrogen and oxygen atoms in total. The number of esters is 1. The summed E-state index contributed by atoms with van der Waals surface area (Å²) in [4.78, 5) is 48.0. The smallest absolute Gasteiger partial charge is 0.332 e. The van der Waals surface area contributed by atoms with Gasteiger partial charge in [-0.3, -0.25) is 28.8 Å². The number of non-ortho nitro benzene ring substituents is 1. The molecule has 0 saturated heterocycles. The average molecular weight is 447 g/mol. The minimum Gasteiger partial charge on any atom is -0.468 e. The normalized spacial score (nSPS) is 10.7. The van der Waals surface area contributed by atoms with E-state index in [1.807, 2.05) is 0 Å². The maximum Gasteiger partial charge on any atom is 0.332 e. The van der Waals surface area contributed by atoms with E-state index >= 15 is 0 Å². The summed E-state index contributed by atoms with van der Waals surface area (Å²) in [6.45, 7) is 1.60. The molecular weight excluding hydrogens is 418 g/mol. The molecule has 0 bridgehead atoms. The SMILES string of the molecule is COC(=O)CN(CCNCCCCc1ccc([N+](=O)[O-])cc1)c1cc(=O)n(C)c(=O)n1C. The molecule has 0 radical (unpaired) electrons. The second kappa shape index (κ2) is 11.8. The van der Waals surface area contributed by atoms with Gasteiger partial charge in [-0.05, 0) is 31.4 Å². The third-order valence-electron chi connectivity index (χ3n) is 5.15. The minimum absolute atomic E-state index is 0.0840. The van der Waals surface area contributed by atoms with Crippen LogP contribution >= 0.6 is 0 Å². The number of hydrogen-bond donors (Lipinski definition) is 1. The lowest BCUT2D eigenvalue weighted by Gasteiger charge is -2.25. The minimum atomic E-state index is -0.471. The molecule has 0 amide bonds. The number of hydrogen-bond acceptors (Lipinski definition) is 8. The van der Waals surface area contributed by atoms with E-state index in [-0.39, 0.29) is 12.2 Å². The maximum absolute atomic E-state index is 12.2.